The molecule has 1 unspecified atom stereocenters. The molecule has 0 aliphatic heterocycles. The van der Waals surface area contributed by atoms with Crippen molar-refractivity contribution in [2.24, 2.45) is 0 Å². The van der Waals surface area contributed by atoms with Gasteiger partial charge in [-0.05, 0) is 37.5 Å². The van der Waals surface area contributed by atoms with Crippen LogP contribution in [0.4, 0.5) is 10.5 Å². The SMILES string of the molecule is CCC(O)CCNC(=O)Nc1ccc(C)c(Br)c1. The number of urea groups is 1. The number of anilines is 1. The van der Waals surface area contributed by atoms with Crippen molar-refractivity contribution < 1.29 is 9.90 Å². The Kier molecular flexibility index (Phi) is 6.15. The smallest absolute Gasteiger partial charge is 0.319 e. The summed E-state index contributed by atoms with van der Waals surface area (Å²) in [4.78, 5) is 11.6. The predicted octanol–water partition coefficient (Wildman–Crippen LogP) is 3.04. The highest BCUT2D eigenvalue weighted by Crippen LogP contribution is 2.20. The number of carbonyl (C=O) groups is 1. The molecular formula is C13H19BrN2O2. The Bertz CT molecular complexity index is 410. The van der Waals surface area contributed by atoms with Gasteiger partial charge in [-0.2, -0.15) is 0 Å². The number of amides is 2. The zero-order valence-corrected chi connectivity index (χ0v) is 12.3. The fraction of sp³-hybridized carbons (Fsp3) is 0.462. The maximum Gasteiger partial charge on any atom is 0.319 e. The van der Waals surface area contributed by atoms with E-state index in [1.807, 2.05) is 32.0 Å². The van der Waals surface area contributed by atoms with Crippen LogP contribution >= 0.6 is 15.9 Å². The third kappa shape index (κ3) is 5.06. The van der Waals surface area contributed by atoms with E-state index in [2.05, 4.69) is 26.6 Å². The second-order valence-corrected chi connectivity index (χ2v) is 5.05. The molecule has 1 aromatic rings. The predicted molar refractivity (Wildman–Crippen MR) is 76.8 cm³/mol. The summed E-state index contributed by atoms with van der Waals surface area (Å²) < 4.78 is 0.960. The van der Waals surface area contributed by atoms with Crippen LogP contribution in [0.1, 0.15) is 25.3 Å². The largest absolute Gasteiger partial charge is 0.393 e. The molecule has 2 amide bonds. The van der Waals surface area contributed by atoms with E-state index in [1.165, 1.54) is 0 Å². The van der Waals surface area contributed by atoms with Crippen LogP contribution in [0.3, 0.4) is 0 Å². The van der Waals surface area contributed by atoms with Gasteiger partial charge in [0.2, 0.25) is 0 Å². The van der Waals surface area contributed by atoms with Crippen LogP contribution in [0.5, 0.6) is 0 Å². The van der Waals surface area contributed by atoms with Gasteiger partial charge in [-0.1, -0.05) is 28.9 Å². The van der Waals surface area contributed by atoms with E-state index >= 15 is 0 Å². The first-order valence-corrected chi connectivity index (χ1v) is 6.81. The van der Waals surface area contributed by atoms with E-state index in [9.17, 15) is 9.90 Å². The number of hydrogen-bond acceptors (Lipinski definition) is 2. The normalized spacial score (nSPS) is 12.0. The molecule has 1 aromatic carbocycles. The molecule has 0 bridgehead atoms. The molecule has 0 aliphatic rings. The molecule has 1 atom stereocenters. The van der Waals surface area contributed by atoms with E-state index in [4.69, 9.17) is 0 Å². The van der Waals surface area contributed by atoms with Crippen molar-refractivity contribution in [3.63, 3.8) is 0 Å². The zero-order chi connectivity index (χ0) is 13.5. The zero-order valence-electron chi connectivity index (χ0n) is 10.7. The van der Waals surface area contributed by atoms with Gasteiger partial charge in [0.15, 0.2) is 0 Å². The number of aryl methyl sites for hydroxylation is 1. The lowest BCUT2D eigenvalue weighted by molar-refractivity contribution is 0.160. The first-order chi connectivity index (χ1) is 8.52. The summed E-state index contributed by atoms with van der Waals surface area (Å²) in [6, 6.07) is 5.38. The minimum absolute atomic E-state index is 0.256. The maximum absolute atomic E-state index is 11.6. The number of aliphatic hydroxyl groups excluding tert-OH is 1. The van der Waals surface area contributed by atoms with Crippen molar-refractivity contribution in [2.45, 2.75) is 32.8 Å². The molecule has 0 aromatic heterocycles. The van der Waals surface area contributed by atoms with Gasteiger partial charge in [0, 0.05) is 16.7 Å². The molecule has 0 spiro atoms. The maximum atomic E-state index is 11.6. The van der Waals surface area contributed by atoms with Gasteiger partial charge in [0.05, 0.1) is 6.10 Å². The molecule has 3 N–H and O–H groups in total. The Hall–Kier alpha value is -1.07. The topological polar surface area (TPSA) is 61.4 Å². The number of nitrogens with one attached hydrogen (secondary N) is 2. The minimum Gasteiger partial charge on any atom is -0.393 e. The molecule has 0 radical (unpaired) electrons. The van der Waals surface area contributed by atoms with E-state index in [1.54, 1.807) is 0 Å². The lowest BCUT2D eigenvalue weighted by Crippen LogP contribution is -2.31. The fourth-order valence-electron chi connectivity index (χ4n) is 1.40. The minimum atomic E-state index is -0.348. The molecule has 0 saturated carbocycles. The third-order valence-electron chi connectivity index (χ3n) is 2.66. The number of hydrogen-bond donors (Lipinski definition) is 3. The van der Waals surface area contributed by atoms with Gasteiger partial charge < -0.3 is 15.7 Å². The summed E-state index contributed by atoms with van der Waals surface area (Å²) in [7, 11) is 0. The van der Waals surface area contributed by atoms with E-state index in [0.717, 1.165) is 15.7 Å². The van der Waals surface area contributed by atoms with Gasteiger partial charge in [0.25, 0.3) is 0 Å². The molecule has 0 saturated heterocycles. The Morgan fingerprint density at radius 1 is 1.50 bits per heavy atom. The second kappa shape index (κ2) is 7.38. The first kappa shape index (κ1) is 15.0. The van der Waals surface area contributed by atoms with Gasteiger partial charge in [-0.15, -0.1) is 0 Å². The summed E-state index contributed by atoms with van der Waals surface area (Å²) in [5, 5.41) is 14.8. The molecule has 5 heteroatoms. The second-order valence-electron chi connectivity index (χ2n) is 4.20. The van der Waals surface area contributed by atoms with Crippen LogP contribution in [0.2, 0.25) is 0 Å². The van der Waals surface area contributed by atoms with Crippen LogP contribution in [0.25, 0.3) is 0 Å². The molecule has 0 aliphatic carbocycles. The number of halogens is 1. The third-order valence-corrected chi connectivity index (χ3v) is 3.52. The van der Waals surface area contributed by atoms with Crippen LogP contribution in [0, 0.1) is 6.92 Å². The van der Waals surface area contributed by atoms with Gasteiger partial charge in [-0.3, -0.25) is 0 Å². The molecular weight excluding hydrogens is 296 g/mol. The Balaban J connectivity index is 2.38. The lowest BCUT2D eigenvalue weighted by Gasteiger charge is -2.10. The van der Waals surface area contributed by atoms with E-state index in [0.29, 0.717) is 19.4 Å². The quantitative estimate of drug-likeness (QED) is 0.782. The molecule has 4 nitrogen and oxygen atoms in total. The Morgan fingerprint density at radius 2 is 2.22 bits per heavy atom. The van der Waals surface area contributed by atoms with Crippen LogP contribution in [-0.4, -0.2) is 23.8 Å². The van der Waals surface area contributed by atoms with Gasteiger partial charge in [-0.25, -0.2) is 4.79 Å². The van der Waals surface area contributed by atoms with Crippen molar-refractivity contribution in [3.8, 4) is 0 Å². The molecule has 0 heterocycles. The van der Waals surface area contributed by atoms with Gasteiger partial charge in [0.1, 0.15) is 0 Å². The fourth-order valence-corrected chi connectivity index (χ4v) is 1.78. The summed E-state index contributed by atoms with van der Waals surface area (Å²) in [6.07, 6.45) is 0.925. The summed E-state index contributed by atoms with van der Waals surface area (Å²) in [5.74, 6) is 0. The monoisotopic (exact) mass is 314 g/mol. The summed E-state index contributed by atoms with van der Waals surface area (Å²) >= 11 is 3.41. The molecule has 0 fully saturated rings. The number of rotatable bonds is 5. The Labute approximate surface area is 116 Å². The summed E-state index contributed by atoms with van der Waals surface area (Å²) in [5.41, 5.74) is 1.85. The first-order valence-electron chi connectivity index (χ1n) is 6.02. The van der Waals surface area contributed by atoms with E-state index < -0.39 is 0 Å². The number of benzene rings is 1. The van der Waals surface area contributed by atoms with Crippen molar-refractivity contribution in [1.29, 1.82) is 0 Å². The summed E-state index contributed by atoms with van der Waals surface area (Å²) in [6.45, 7) is 4.36. The lowest BCUT2D eigenvalue weighted by atomic mass is 10.2. The van der Waals surface area contributed by atoms with Crippen LogP contribution in [0.15, 0.2) is 22.7 Å². The van der Waals surface area contributed by atoms with Crippen molar-refractivity contribution >= 4 is 27.6 Å². The van der Waals surface area contributed by atoms with Crippen molar-refractivity contribution in [2.75, 3.05) is 11.9 Å². The molecule has 18 heavy (non-hydrogen) atoms. The highest BCUT2D eigenvalue weighted by atomic mass is 79.9. The van der Waals surface area contributed by atoms with Crippen LogP contribution < -0.4 is 10.6 Å². The van der Waals surface area contributed by atoms with Crippen molar-refractivity contribution in [1.82, 2.24) is 5.32 Å². The average molecular weight is 315 g/mol. The molecule has 1 rings (SSSR count). The highest BCUT2D eigenvalue weighted by Gasteiger charge is 2.04. The average Bonchev–Trinajstić information content (AvgIpc) is 2.33. The highest BCUT2D eigenvalue weighted by molar-refractivity contribution is 9.10. The van der Waals surface area contributed by atoms with E-state index in [-0.39, 0.29) is 12.1 Å². The number of aliphatic hydroxyl groups is 1. The standard InChI is InChI=1S/C13H19BrN2O2/c1-3-11(17)6-7-15-13(18)16-10-5-4-9(2)12(14)8-10/h4-5,8,11,17H,3,6-7H2,1-2H3,(H2,15,16,18). The van der Waals surface area contributed by atoms with Gasteiger partial charge >= 0.3 is 6.03 Å². The Morgan fingerprint density at radius 3 is 2.83 bits per heavy atom. The molecule has 100 valence electrons. The number of carbonyl (C=O) groups excluding carboxylic acids is 1. The van der Waals surface area contributed by atoms with Crippen molar-refractivity contribution in [3.05, 3.63) is 28.2 Å². The van der Waals surface area contributed by atoms with Crippen LogP contribution in [-0.2, 0) is 0 Å².